The average molecular weight is 390 g/mol. The fraction of sp³-hybridized carbons (Fsp3) is 0.211. The molecule has 0 atom stereocenters. The maximum Gasteiger partial charge on any atom is 0.340 e. The zero-order valence-corrected chi connectivity index (χ0v) is 15.6. The second kappa shape index (κ2) is 7.93. The van der Waals surface area contributed by atoms with Gasteiger partial charge in [0.1, 0.15) is 0 Å². The average Bonchev–Trinajstić information content (AvgIpc) is 2.65. The highest BCUT2D eigenvalue weighted by molar-refractivity contribution is 7.98. The normalized spacial score (nSPS) is 12.9. The molecule has 1 amide bonds. The lowest BCUT2D eigenvalue weighted by atomic mass is 9.99. The van der Waals surface area contributed by atoms with E-state index < -0.39 is 5.97 Å². The second-order valence-corrected chi connectivity index (χ2v) is 7.05. The lowest BCUT2D eigenvalue weighted by Crippen LogP contribution is -2.20. The van der Waals surface area contributed by atoms with Gasteiger partial charge in [0.2, 0.25) is 5.91 Å². The number of fused-ring (bicyclic) bond motifs is 1. The highest BCUT2D eigenvalue weighted by Crippen LogP contribution is 2.25. The van der Waals surface area contributed by atoms with Crippen LogP contribution in [0.4, 0.5) is 5.69 Å². The predicted octanol–water partition coefficient (Wildman–Crippen LogP) is 3.99. The maximum absolute atomic E-state index is 12.3. The van der Waals surface area contributed by atoms with Gasteiger partial charge in [-0.1, -0.05) is 11.6 Å². The molecule has 3 rings (SSSR count). The molecule has 2 aromatic carbocycles. The summed E-state index contributed by atoms with van der Waals surface area (Å²) in [6.07, 6.45) is 2.86. The van der Waals surface area contributed by atoms with Crippen molar-refractivity contribution in [1.82, 2.24) is 0 Å². The topological polar surface area (TPSA) is 72.5 Å². The van der Waals surface area contributed by atoms with Crippen LogP contribution in [0.5, 0.6) is 0 Å². The van der Waals surface area contributed by atoms with Gasteiger partial charge in [-0.2, -0.15) is 0 Å². The molecule has 0 radical (unpaired) electrons. The standard InChI is InChI=1S/C19H16ClNO4S/c1-26-13-4-5-15(20)14(9-13)19(24)25-10-17(22)12-2-6-16-11(8-12)3-7-18(23)21-16/h2,4-6,8-9H,3,7,10H2,1H3,(H,21,23). The molecule has 7 heteroatoms. The molecular formula is C19H16ClNO4S. The smallest absolute Gasteiger partial charge is 0.340 e. The number of ketones is 1. The predicted molar refractivity (Wildman–Crippen MR) is 101 cm³/mol. The van der Waals surface area contributed by atoms with E-state index in [9.17, 15) is 14.4 Å². The van der Waals surface area contributed by atoms with E-state index in [2.05, 4.69) is 5.32 Å². The van der Waals surface area contributed by atoms with Gasteiger partial charge in [0.15, 0.2) is 12.4 Å². The Morgan fingerprint density at radius 3 is 2.77 bits per heavy atom. The summed E-state index contributed by atoms with van der Waals surface area (Å²) < 4.78 is 5.13. The van der Waals surface area contributed by atoms with Crippen LogP contribution in [0, 0.1) is 0 Å². The van der Waals surface area contributed by atoms with Gasteiger partial charge < -0.3 is 10.1 Å². The number of aryl methyl sites for hydroxylation is 1. The summed E-state index contributed by atoms with van der Waals surface area (Å²) in [4.78, 5) is 36.8. The number of Topliss-reactive ketones (excluding diaryl/α,β-unsaturated/α-hetero) is 1. The minimum atomic E-state index is -0.635. The van der Waals surface area contributed by atoms with E-state index >= 15 is 0 Å². The number of halogens is 1. The Balaban J connectivity index is 1.67. The molecule has 0 saturated heterocycles. The Bertz CT molecular complexity index is 897. The summed E-state index contributed by atoms with van der Waals surface area (Å²) in [6, 6.07) is 10.1. The van der Waals surface area contributed by atoms with Crippen LogP contribution in [0.15, 0.2) is 41.3 Å². The Morgan fingerprint density at radius 1 is 1.19 bits per heavy atom. The van der Waals surface area contributed by atoms with E-state index in [-0.39, 0.29) is 28.9 Å². The zero-order valence-electron chi connectivity index (χ0n) is 14.0. The first-order valence-electron chi connectivity index (χ1n) is 7.94. The summed E-state index contributed by atoms with van der Waals surface area (Å²) >= 11 is 7.52. The molecule has 0 aromatic heterocycles. The summed E-state index contributed by atoms with van der Waals surface area (Å²) in [5.41, 5.74) is 2.30. The summed E-state index contributed by atoms with van der Waals surface area (Å²) in [5, 5.41) is 3.04. The first-order chi connectivity index (χ1) is 12.5. The van der Waals surface area contributed by atoms with Crippen molar-refractivity contribution < 1.29 is 19.1 Å². The molecule has 26 heavy (non-hydrogen) atoms. The summed E-state index contributed by atoms with van der Waals surface area (Å²) in [7, 11) is 0. The van der Waals surface area contributed by atoms with E-state index in [0.717, 1.165) is 16.1 Å². The van der Waals surface area contributed by atoms with Gasteiger partial charge in [-0.3, -0.25) is 9.59 Å². The van der Waals surface area contributed by atoms with Crippen molar-refractivity contribution in [3.05, 3.63) is 58.1 Å². The van der Waals surface area contributed by atoms with Gasteiger partial charge >= 0.3 is 5.97 Å². The van der Waals surface area contributed by atoms with E-state index in [4.69, 9.17) is 16.3 Å². The number of thioether (sulfide) groups is 1. The van der Waals surface area contributed by atoms with E-state index in [1.54, 1.807) is 36.4 Å². The van der Waals surface area contributed by atoms with E-state index in [0.29, 0.717) is 18.4 Å². The first kappa shape index (κ1) is 18.5. The van der Waals surface area contributed by atoms with Crippen LogP contribution in [0.25, 0.3) is 0 Å². The number of carbonyl (C=O) groups is 3. The molecule has 1 aliphatic heterocycles. The van der Waals surface area contributed by atoms with Gasteiger partial charge in [0.25, 0.3) is 0 Å². The van der Waals surface area contributed by atoms with Crippen LogP contribution < -0.4 is 5.32 Å². The molecule has 1 aliphatic rings. The summed E-state index contributed by atoms with van der Waals surface area (Å²) in [5.74, 6) is -0.977. The number of esters is 1. The number of hydrogen-bond donors (Lipinski definition) is 1. The molecule has 134 valence electrons. The molecule has 0 saturated carbocycles. The van der Waals surface area contributed by atoms with Crippen molar-refractivity contribution in [2.24, 2.45) is 0 Å². The maximum atomic E-state index is 12.3. The fourth-order valence-electron chi connectivity index (χ4n) is 2.64. The van der Waals surface area contributed by atoms with Crippen molar-refractivity contribution in [2.45, 2.75) is 17.7 Å². The zero-order chi connectivity index (χ0) is 18.7. The van der Waals surface area contributed by atoms with Crippen molar-refractivity contribution in [1.29, 1.82) is 0 Å². The number of hydrogen-bond acceptors (Lipinski definition) is 5. The number of nitrogens with one attached hydrogen (secondary N) is 1. The molecule has 0 unspecified atom stereocenters. The SMILES string of the molecule is CSc1ccc(Cl)c(C(=O)OCC(=O)c2ccc3c(c2)CCC(=O)N3)c1. The molecule has 1 N–H and O–H groups in total. The molecule has 1 heterocycles. The number of amides is 1. The largest absolute Gasteiger partial charge is 0.454 e. The van der Waals surface area contributed by atoms with Gasteiger partial charge in [-0.25, -0.2) is 4.79 Å². The number of carbonyl (C=O) groups excluding carboxylic acids is 3. The highest BCUT2D eigenvalue weighted by Gasteiger charge is 2.18. The minimum absolute atomic E-state index is 0.0325. The number of anilines is 1. The monoisotopic (exact) mass is 389 g/mol. The van der Waals surface area contributed by atoms with Crippen LogP contribution in [-0.2, 0) is 16.0 Å². The number of benzene rings is 2. The van der Waals surface area contributed by atoms with Crippen molar-refractivity contribution in [2.75, 3.05) is 18.2 Å². The Hall–Kier alpha value is -2.31. The van der Waals surface area contributed by atoms with Crippen LogP contribution >= 0.6 is 23.4 Å². The van der Waals surface area contributed by atoms with Gasteiger partial charge in [0, 0.05) is 22.6 Å². The third-order valence-electron chi connectivity index (χ3n) is 4.05. The quantitative estimate of drug-likeness (QED) is 0.475. The van der Waals surface area contributed by atoms with Gasteiger partial charge in [0.05, 0.1) is 10.6 Å². The second-order valence-electron chi connectivity index (χ2n) is 5.77. The molecule has 2 aromatic rings. The van der Waals surface area contributed by atoms with E-state index in [1.165, 1.54) is 11.8 Å². The Morgan fingerprint density at radius 2 is 2.00 bits per heavy atom. The third kappa shape index (κ3) is 4.08. The Kier molecular flexibility index (Phi) is 5.64. The Labute approximate surface area is 160 Å². The fourth-order valence-corrected chi connectivity index (χ4v) is 3.27. The molecule has 0 fully saturated rings. The van der Waals surface area contributed by atoms with Gasteiger partial charge in [-0.05, 0) is 54.6 Å². The summed E-state index contributed by atoms with van der Waals surface area (Å²) in [6.45, 7) is -0.371. The van der Waals surface area contributed by atoms with Crippen LogP contribution in [0.3, 0.4) is 0 Å². The number of rotatable bonds is 5. The van der Waals surface area contributed by atoms with Crippen molar-refractivity contribution in [3.8, 4) is 0 Å². The van der Waals surface area contributed by atoms with Crippen LogP contribution in [-0.4, -0.2) is 30.5 Å². The van der Waals surface area contributed by atoms with Crippen molar-refractivity contribution >= 4 is 46.7 Å². The highest BCUT2D eigenvalue weighted by atomic mass is 35.5. The molecular weight excluding hydrogens is 374 g/mol. The molecule has 0 bridgehead atoms. The lowest BCUT2D eigenvalue weighted by molar-refractivity contribution is -0.116. The third-order valence-corrected chi connectivity index (χ3v) is 5.11. The molecule has 0 spiro atoms. The van der Waals surface area contributed by atoms with E-state index in [1.807, 2.05) is 6.26 Å². The number of ether oxygens (including phenoxy) is 1. The van der Waals surface area contributed by atoms with Crippen molar-refractivity contribution in [3.63, 3.8) is 0 Å². The van der Waals surface area contributed by atoms with Crippen LogP contribution in [0.1, 0.15) is 32.7 Å². The first-order valence-corrected chi connectivity index (χ1v) is 9.55. The minimum Gasteiger partial charge on any atom is -0.454 e. The molecule has 5 nitrogen and oxygen atoms in total. The lowest BCUT2D eigenvalue weighted by Gasteiger charge is -2.17. The molecule has 0 aliphatic carbocycles. The van der Waals surface area contributed by atoms with Gasteiger partial charge in [-0.15, -0.1) is 11.8 Å². The van der Waals surface area contributed by atoms with Crippen LogP contribution in [0.2, 0.25) is 5.02 Å².